The third kappa shape index (κ3) is 5.52. The van der Waals surface area contributed by atoms with Crippen molar-refractivity contribution in [3.63, 3.8) is 0 Å². The van der Waals surface area contributed by atoms with Crippen LogP contribution in [0.25, 0.3) is 5.69 Å². The van der Waals surface area contributed by atoms with Gasteiger partial charge in [-0.2, -0.15) is 0 Å². The maximum Gasteiger partial charge on any atom is 0.330 e. The minimum atomic E-state index is -0.252. The first-order chi connectivity index (χ1) is 16.0. The van der Waals surface area contributed by atoms with Gasteiger partial charge in [0.25, 0.3) is 0 Å². The van der Waals surface area contributed by atoms with Crippen LogP contribution in [0, 0.1) is 6.92 Å². The van der Waals surface area contributed by atoms with E-state index in [9.17, 15) is 14.4 Å². The normalized spacial score (nSPS) is 14.2. The van der Waals surface area contributed by atoms with Crippen molar-refractivity contribution in [1.29, 1.82) is 0 Å². The van der Waals surface area contributed by atoms with Crippen molar-refractivity contribution in [1.82, 2.24) is 19.8 Å². The molecule has 2 aromatic carbocycles. The van der Waals surface area contributed by atoms with Crippen LogP contribution in [-0.4, -0.2) is 45.5 Å². The molecule has 0 radical (unpaired) electrons. The molecule has 0 unspecified atom stereocenters. The zero-order chi connectivity index (χ0) is 23.2. The fraction of sp³-hybridized carbons (Fsp3) is 0.320. The Morgan fingerprint density at radius 2 is 1.73 bits per heavy atom. The first kappa shape index (κ1) is 22.4. The second kappa shape index (κ2) is 10.2. The van der Waals surface area contributed by atoms with Crippen LogP contribution >= 0.6 is 0 Å². The number of aromatic amines is 1. The van der Waals surface area contributed by atoms with Gasteiger partial charge in [0.05, 0.1) is 11.4 Å². The molecule has 0 atom stereocenters. The van der Waals surface area contributed by atoms with Gasteiger partial charge in [0.2, 0.25) is 5.91 Å². The summed E-state index contributed by atoms with van der Waals surface area (Å²) in [7, 11) is 0. The molecule has 1 fully saturated rings. The number of rotatable bonds is 6. The Hall–Kier alpha value is -3.81. The van der Waals surface area contributed by atoms with Crippen molar-refractivity contribution in [2.45, 2.75) is 38.6 Å². The number of likely N-dealkylation sites (tertiary alicyclic amines) is 1. The minimum absolute atomic E-state index is 0.0444. The highest BCUT2D eigenvalue weighted by molar-refractivity contribution is 5.91. The first-order valence-corrected chi connectivity index (χ1v) is 11.3. The molecule has 3 aromatic rings. The molecule has 0 spiro atoms. The molecule has 0 bridgehead atoms. The molecule has 1 aliphatic heterocycles. The van der Waals surface area contributed by atoms with E-state index in [1.54, 1.807) is 23.2 Å². The molecule has 172 valence electrons. The monoisotopic (exact) mass is 447 g/mol. The van der Waals surface area contributed by atoms with Crippen molar-refractivity contribution < 1.29 is 9.59 Å². The van der Waals surface area contributed by atoms with Gasteiger partial charge in [-0.05, 0) is 43.9 Å². The quantitative estimate of drug-likeness (QED) is 0.541. The number of carbonyl (C=O) groups excluding carboxylic acids is 2. The zero-order valence-corrected chi connectivity index (χ0v) is 18.7. The molecule has 4 rings (SSSR count). The van der Waals surface area contributed by atoms with Gasteiger partial charge in [0, 0.05) is 37.4 Å². The van der Waals surface area contributed by atoms with Crippen molar-refractivity contribution in [3.8, 4) is 5.69 Å². The summed E-state index contributed by atoms with van der Waals surface area (Å²) in [5.74, 6) is 0.0444. The standard InChI is InChI=1S/C25H29N5O3/c1-18-17-26-24(32)30(18)22-10-6-5-9-21(22)28-25(33)29-15-13-20(14-16-29)27-23(31)12-11-19-7-3-2-4-8-19/h2-10,17,20H,11-16H2,1H3,(H,26,32)(H,27,31)(H,28,33). The number of benzene rings is 2. The average molecular weight is 448 g/mol. The van der Waals surface area contributed by atoms with Crippen LogP contribution in [0.1, 0.15) is 30.5 Å². The van der Waals surface area contributed by atoms with E-state index in [0.29, 0.717) is 43.7 Å². The summed E-state index contributed by atoms with van der Waals surface area (Å²) in [6.07, 6.45) is 4.24. The highest BCUT2D eigenvalue weighted by atomic mass is 16.2. The molecular weight excluding hydrogens is 418 g/mol. The van der Waals surface area contributed by atoms with Gasteiger partial charge >= 0.3 is 11.7 Å². The summed E-state index contributed by atoms with van der Waals surface area (Å²) in [5.41, 5.74) is 2.85. The molecule has 0 saturated carbocycles. The number of aryl methyl sites for hydroxylation is 2. The fourth-order valence-corrected chi connectivity index (χ4v) is 4.15. The van der Waals surface area contributed by atoms with Gasteiger partial charge in [-0.25, -0.2) is 9.59 Å². The van der Waals surface area contributed by atoms with Crippen LogP contribution in [0.4, 0.5) is 10.5 Å². The molecule has 33 heavy (non-hydrogen) atoms. The molecule has 3 N–H and O–H groups in total. The number of nitrogens with zero attached hydrogens (tertiary/aromatic N) is 2. The maximum absolute atomic E-state index is 12.9. The number of para-hydroxylation sites is 2. The number of imidazole rings is 1. The van der Waals surface area contributed by atoms with Crippen LogP contribution in [0.3, 0.4) is 0 Å². The lowest BCUT2D eigenvalue weighted by Gasteiger charge is -2.32. The average Bonchev–Trinajstić information content (AvgIpc) is 3.17. The number of urea groups is 1. The molecule has 1 aliphatic rings. The third-order valence-electron chi connectivity index (χ3n) is 5.98. The first-order valence-electron chi connectivity index (χ1n) is 11.3. The van der Waals surface area contributed by atoms with Crippen molar-refractivity contribution in [2.24, 2.45) is 0 Å². The second-order valence-electron chi connectivity index (χ2n) is 8.33. The molecule has 8 heteroatoms. The zero-order valence-electron chi connectivity index (χ0n) is 18.7. The summed E-state index contributed by atoms with van der Waals surface area (Å²) in [5, 5.41) is 6.04. The van der Waals surface area contributed by atoms with E-state index < -0.39 is 0 Å². The Morgan fingerprint density at radius 3 is 2.42 bits per heavy atom. The van der Waals surface area contributed by atoms with Crippen LogP contribution in [-0.2, 0) is 11.2 Å². The summed E-state index contributed by atoms with van der Waals surface area (Å²) in [6, 6.07) is 17.1. The molecular formula is C25H29N5O3. The highest BCUT2D eigenvalue weighted by Gasteiger charge is 2.24. The molecule has 8 nitrogen and oxygen atoms in total. The molecule has 2 heterocycles. The summed E-state index contributed by atoms with van der Waals surface area (Å²) in [6.45, 7) is 2.94. The van der Waals surface area contributed by atoms with E-state index in [-0.39, 0.29) is 23.7 Å². The van der Waals surface area contributed by atoms with Crippen molar-refractivity contribution in [2.75, 3.05) is 18.4 Å². The minimum Gasteiger partial charge on any atom is -0.353 e. The predicted molar refractivity (Wildman–Crippen MR) is 128 cm³/mol. The number of aromatic nitrogens is 2. The number of hydrogen-bond acceptors (Lipinski definition) is 3. The van der Waals surface area contributed by atoms with Crippen molar-refractivity contribution in [3.05, 3.63) is 82.5 Å². The van der Waals surface area contributed by atoms with E-state index in [1.165, 1.54) is 4.57 Å². The molecule has 3 amide bonds. The van der Waals surface area contributed by atoms with Gasteiger partial charge in [-0.1, -0.05) is 42.5 Å². The number of hydrogen-bond donors (Lipinski definition) is 3. The summed E-state index contributed by atoms with van der Waals surface area (Å²) < 4.78 is 1.53. The van der Waals surface area contributed by atoms with E-state index in [4.69, 9.17) is 0 Å². The Balaban J connectivity index is 1.29. The SMILES string of the molecule is Cc1c[nH]c(=O)n1-c1ccccc1NC(=O)N1CCC(NC(=O)CCc2ccccc2)CC1. The van der Waals surface area contributed by atoms with E-state index in [2.05, 4.69) is 15.6 Å². The van der Waals surface area contributed by atoms with Gasteiger partial charge in [-0.3, -0.25) is 9.36 Å². The van der Waals surface area contributed by atoms with Crippen molar-refractivity contribution >= 4 is 17.6 Å². The van der Waals surface area contributed by atoms with Crippen LogP contribution in [0.5, 0.6) is 0 Å². The lowest BCUT2D eigenvalue weighted by molar-refractivity contribution is -0.122. The van der Waals surface area contributed by atoms with Crippen LogP contribution in [0.15, 0.2) is 65.6 Å². The fourth-order valence-electron chi connectivity index (χ4n) is 4.15. The Bertz CT molecular complexity index is 1160. The van der Waals surface area contributed by atoms with Gasteiger partial charge < -0.3 is 20.5 Å². The lowest BCUT2D eigenvalue weighted by atomic mass is 10.0. The van der Waals surface area contributed by atoms with Gasteiger partial charge in [0.1, 0.15) is 0 Å². The topological polar surface area (TPSA) is 99.2 Å². The van der Waals surface area contributed by atoms with E-state index in [1.807, 2.05) is 49.4 Å². The smallest absolute Gasteiger partial charge is 0.330 e. The number of amides is 3. The number of H-pyrrole nitrogens is 1. The number of anilines is 1. The Labute approximate surface area is 192 Å². The third-order valence-corrected chi connectivity index (χ3v) is 5.98. The highest BCUT2D eigenvalue weighted by Crippen LogP contribution is 2.21. The Kier molecular flexibility index (Phi) is 6.92. The van der Waals surface area contributed by atoms with E-state index >= 15 is 0 Å². The summed E-state index contributed by atoms with van der Waals surface area (Å²) >= 11 is 0. The second-order valence-corrected chi connectivity index (χ2v) is 8.33. The van der Waals surface area contributed by atoms with Crippen LogP contribution in [0.2, 0.25) is 0 Å². The number of piperidine rings is 1. The predicted octanol–water partition coefficient (Wildman–Crippen LogP) is 3.22. The maximum atomic E-state index is 12.9. The molecule has 1 aromatic heterocycles. The largest absolute Gasteiger partial charge is 0.353 e. The van der Waals surface area contributed by atoms with Gasteiger partial charge in [0.15, 0.2) is 0 Å². The Morgan fingerprint density at radius 1 is 1.03 bits per heavy atom. The van der Waals surface area contributed by atoms with Gasteiger partial charge in [-0.15, -0.1) is 0 Å². The molecule has 0 aliphatic carbocycles. The summed E-state index contributed by atoms with van der Waals surface area (Å²) in [4.78, 5) is 41.8. The molecule has 1 saturated heterocycles. The van der Waals surface area contributed by atoms with E-state index in [0.717, 1.165) is 17.7 Å². The lowest BCUT2D eigenvalue weighted by Crippen LogP contribution is -2.47. The number of nitrogens with one attached hydrogen (secondary N) is 3. The van der Waals surface area contributed by atoms with Crippen LogP contribution < -0.4 is 16.3 Å². The number of carbonyl (C=O) groups is 2.